The van der Waals surface area contributed by atoms with Gasteiger partial charge < -0.3 is 24.3 Å². The Labute approximate surface area is 344 Å². The summed E-state index contributed by atoms with van der Waals surface area (Å²) in [5.74, 6) is -0.506. The fourth-order valence-corrected chi connectivity index (χ4v) is 9.14. The second-order valence-electron chi connectivity index (χ2n) is 16.7. The maximum absolute atomic E-state index is 13.4. The van der Waals surface area contributed by atoms with Crippen LogP contribution in [0.1, 0.15) is 98.9 Å². The molecule has 60 heavy (non-hydrogen) atoms. The Kier molecular flexibility index (Phi) is 11.2. The van der Waals surface area contributed by atoms with E-state index in [-0.39, 0.29) is 47.2 Å². The number of benzene rings is 1. The van der Waals surface area contributed by atoms with Crippen molar-refractivity contribution in [1.82, 2.24) is 33.7 Å². The molecule has 5 aromatic rings. The van der Waals surface area contributed by atoms with E-state index in [0.717, 1.165) is 81.1 Å². The minimum absolute atomic E-state index is 0.159. The number of halogens is 3. The number of aryl methyl sites for hydroxylation is 1. The molecule has 4 aromatic heterocycles. The number of aromatic nitrogens is 5. The van der Waals surface area contributed by atoms with Gasteiger partial charge in [0, 0.05) is 69.2 Å². The lowest BCUT2D eigenvalue weighted by molar-refractivity contribution is -0.141. The molecule has 8 rings (SSSR count). The number of nitrogens with one attached hydrogen (secondary N) is 2. The van der Waals surface area contributed by atoms with Gasteiger partial charge in [-0.15, -0.1) is 0 Å². The number of imide groups is 1. The van der Waals surface area contributed by atoms with Crippen molar-refractivity contribution in [2.24, 2.45) is 13.0 Å². The lowest BCUT2D eigenvalue weighted by Crippen LogP contribution is -2.45. The molecule has 0 bridgehead atoms. The fourth-order valence-electron chi connectivity index (χ4n) is 9.14. The van der Waals surface area contributed by atoms with E-state index in [0.29, 0.717) is 29.5 Å². The topological polar surface area (TPSA) is 148 Å². The zero-order valence-electron chi connectivity index (χ0n) is 34.2. The quantitative estimate of drug-likeness (QED) is 0.155. The van der Waals surface area contributed by atoms with Gasteiger partial charge in [0.15, 0.2) is 0 Å². The molecule has 1 unspecified atom stereocenters. The number of hydrogen-bond donors (Lipinski definition) is 2. The van der Waals surface area contributed by atoms with Gasteiger partial charge in [-0.25, -0.2) is 14.8 Å². The van der Waals surface area contributed by atoms with Crippen molar-refractivity contribution in [3.8, 4) is 5.75 Å². The molecule has 1 aliphatic carbocycles. The molecular formula is C43H50F3N9O5. The number of pyridine rings is 2. The molecule has 1 atom stereocenters. The summed E-state index contributed by atoms with van der Waals surface area (Å²) in [6.45, 7) is 6.45. The molecule has 2 saturated heterocycles. The molecule has 318 valence electrons. The van der Waals surface area contributed by atoms with Crippen molar-refractivity contribution in [2.45, 2.75) is 95.5 Å². The third-order valence-corrected chi connectivity index (χ3v) is 12.3. The molecule has 3 amide bonds. The molecule has 0 spiro atoms. The van der Waals surface area contributed by atoms with Crippen LogP contribution >= 0.6 is 0 Å². The van der Waals surface area contributed by atoms with E-state index in [9.17, 15) is 32.3 Å². The molecule has 3 fully saturated rings. The minimum Gasteiger partial charge on any atom is -0.490 e. The van der Waals surface area contributed by atoms with Crippen molar-refractivity contribution in [3.63, 3.8) is 0 Å². The molecule has 3 aliphatic rings. The van der Waals surface area contributed by atoms with Crippen LogP contribution in [-0.2, 0) is 22.8 Å². The molecule has 6 heterocycles. The number of alkyl halides is 3. The Bertz CT molecular complexity index is 2490. The van der Waals surface area contributed by atoms with E-state index in [2.05, 4.69) is 32.5 Å². The van der Waals surface area contributed by atoms with Crippen molar-refractivity contribution >= 4 is 45.9 Å². The standard InChI is InChI=1S/C43H50F3N9O5/c1-25(2)60-35-21-38-47-31(24-54(38)23-30(35)40(57)49-37-7-5-6-36(48-37)43(44,45)46)27-10-8-26(9-11-27)22-51(3)28-16-18-53(19-17-28)29-12-13-32-34(20-29)52(4)42(59)55(32)33-14-15-39(56)50-41(33)58/h5-7,12-13,20-21,23-28,33H,8-11,14-19,22H2,1-4H3,(H,48,49,57)(H,50,56,58)/t26-,27-,33?. The second kappa shape index (κ2) is 16.4. The first kappa shape index (κ1) is 41.0. The molecule has 0 radical (unpaired) electrons. The van der Waals surface area contributed by atoms with Gasteiger partial charge in [-0.3, -0.25) is 28.8 Å². The molecule has 1 aromatic carbocycles. The van der Waals surface area contributed by atoms with E-state index in [1.54, 1.807) is 28.3 Å². The van der Waals surface area contributed by atoms with Crippen LogP contribution in [0.3, 0.4) is 0 Å². The summed E-state index contributed by atoms with van der Waals surface area (Å²) in [7, 11) is 3.94. The van der Waals surface area contributed by atoms with Crippen LogP contribution in [0, 0.1) is 5.92 Å². The average molecular weight is 830 g/mol. The number of fused-ring (bicyclic) bond motifs is 2. The number of hydrogen-bond acceptors (Lipinski definition) is 9. The number of anilines is 2. The van der Waals surface area contributed by atoms with Crippen LogP contribution < -0.4 is 26.0 Å². The summed E-state index contributed by atoms with van der Waals surface area (Å²) in [4.78, 5) is 64.4. The van der Waals surface area contributed by atoms with Crippen LogP contribution in [0.4, 0.5) is 24.7 Å². The zero-order valence-corrected chi connectivity index (χ0v) is 34.2. The molecule has 14 nitrogen and oxygen atoms in total. The Morgan fingerprint density at radius 2 is 1.72 bits per heavy atom. The van der Waals surface area contributed by atoms with E-state index in [1.165, 1.54) is 16.7 Å². The lowest BCUT2D eigenvalue weighted by Gasteiger charge is -2.40. The predicted octanol–water partition coefficient (Wildman–Crippen LogP) is 6.29. The molecule has 2 aliphatic heterocycles. The number of carbonyl (C=O) groups is 3. The molecule has 1 saturated carbocycles. The monoisotopic (exact) mass is 829 g/mol. The van der Waals surface area contributed by atoms with Gasteiger partial charge in [-0.05, 0) is 102 Å². The van der Waals surface area contributed by atoms with Crippen molar-refractivity contribution in [2.75, 3.05) is 36.9 Å². The summed E-state index contributed by atoms with van der Waals surface area (Å²) in [5.41, 5.74) is 2.83. The maximum Gasteiger partial charge on any atom is 0.433 e. The Morgan fingerprint density at radius 3 is 2.42 bits per heavy atom. The van der Waals surface area contributed by atoms with Gasteiger partial charge in [0.1, 0.15) is 29.0 Å². The van der Waals surface area contributed by atoms with E-state index in [4.69, 9.17) is 9.72 Å². The number of piperidine rings is 2. The van der Waals surface area contributed by atoms with Crippen molar-refractivity contribution in [3.05, 3.63) is 82.3 Å². The highest BCUT2D eigenvalue weighted by atomic mass is 19.4. The normalized spacial score (nSPS) is 20.7. The van der Waals surface area contributed by atoms with Crippen LogP contribution in [0.5, 0.6) is 5.75 Å². The van der Waals surface area contributed by atoms with Crippen LogP contribution in [-0.4, -0.2) is 85.0 Å². The Morgan fingerprint density at radius 1 is 0.967 bits per heavy atom. The Hall–Kier alpha value is -5.71. The number of imidazole rings is 2. The van der Waals surface area contributed by atoms with Gasteiger partial charge in [-0.1, -0.05) is 6.07 Å². The Balaban J connectivity index is 0.865. The highest BCUT2D eigenvalue weighted by molar-refractivity contribution is 6.06. The number of ether oxygens (including phenoxy) is 1. The fraction of sp³-hybridized carbons (Fsp3) is 0.488. The van der Waals surface area contributed by atoms with Crippen LogP contribution in [0.15, 0.2) is 59.7 Å². The highest BCUT2D eigenvalue weighted by Gasteiger charge is 2.34. The predicted molar refractivity (Wildman–Crippen MR) is 219 cm³/mol. The largest absolute Gasteiger partial charge is 0.490 e. The number of rotatable bonds is 10. The highest BCUT2D eigenvalue weighted by Crippen LogP contribution is 2.37. The zero-order chi connectivity index (χ0) is 42.5. The average Bonchev–Trinajstić information content (AvgIpc) is 3.74. The number of nitrogens with zero attached hydrogens (tertiary/aromatic N) is 7. The number of carbonyl (C=O) groups excluding carboxylic acids is 3. The van der Waals surface area contributed by atoms with E-state index >= 15 is 0 Å². The first-order valence-corrected chi connectivity index (χ1v) is 20.7. The third kappa shape index (κ3) is 8.36. The van der Waals surface area contributed by atoms with Gasteiger partial charge in [-0.2, -0.15) is 13.2 Å². The van der Waals surface area contributed by atoms with E-state index in [1.807, 2.05) is 38.2 Å². The summed E-state index contributed by atoms with van der Waals surface area (Å²) in [5, 5.41) is 4.86. The van der Waals surface area contributed by atoms with Crippen molar-refractivity contribution in [1.29, 1.82) is 0 Å². The third-order valence-electron chi connectivity index (χ3n) is 12.3. The first-order valence-electron chi connectivity index (χ1n) is 20.7. The molecular weight excluding hydrogens is 780 g/mol. The van der Waals surface area contributed by atoms with Gasteiger partial charge in [0.05, 0.1) is 28.4 Å². The van der Waals surface area contributed by atoms with E-state index < -0.39 is 29.7 Å². The smallest absolute Gasteiger partial charge is 0.433 e. The van der Waals surface area contributed by atoms with Gasteiger partial charge >= 0.3 is 11.9 Å². The van der Waals surface area contributed by atoms with Crippen molar-refractivity contribution < 1.29 is 32.3 Å². The van der Waals surface area contributed by atoms with Crippen LogP contribution in [0.2, 0.25) is 0 Å². The summed E-state index contributed by atoms with van der Waals surface area (Å²) in [6, 6.07) is 10.8. The summed E-state index contributed by atoms with van der Waals surface area (Å²) in [6.07, 6.45) is 5.28. The SMILES string of the molecule is CC(C)Oc1cc2nc([C@H]3CC[C@H](CN(C)C4CCN(c5ccc6c(c5)n(C)c(=O)n6C5CCC(=O)NC5=O)CC4)CC3)cn2cc1C(=O)Nc1cccc(C(F)(F)F)n1. The lowest BCUT2D eigenvalue weighted by atomic mass is 9.80. The molecule has 17 heteroatoms. The molecule has 2 N–H and O–H groups in total. The second-order valence-corrected chi connectivity index (χ2v) is 16.7. The maximum atomic E-state index is 13.4. The summed E-state index contributed by atoms with van der Waals surface area (Å²) < 4.78 is 50.6. The number of amides is 3. The van der Waals surface area contributed by atoms with Gasteiger partial charge in [0.2, 0.25) is 11.8 Å². The summed E-state index contributed by atoms with van der Waals surface area (Å²) >= 11 is 0. The minimum atomic E-state index is -4.64. The van der Waals surface area contributed by atoms with Crippen LogP contribution in [0.25, 0.3) is 16.7 Å². The first-order chi connectivity index (χ1) is 28.6. The van der Waals surface area contributed by atoms with Gasteiger partial charge in [0.25, 0.3) is 5.91 Å².